The lowest BCUT2D eigenvalue weighted by Gasteiger charge is -2.35. The monoisotopic (exact) mass is 411 g/mol. The van der Waals surface area contributed by atoms with E-state index in [-0.39, 0.29) is 0 Å². The van der Waals surface area contributed by atoms with E-state index >= 15 is 0 Å². The maximum absolute atomic E-state index is 12.9. The maximum atomic E-state index is 12.9. The van der Waals surface area contributed by atoms with Crippen LogP contribution in [-0.2, 0) is 16.0 Å². The van der Waals surface area contributed by atoms with E-state index in [0.29, 0.717) is 24.5 Å². The van der Waals surface area contributed by atoms with Crippen molar-refractivity contribution in [1.29, 1.82) is 0 Å². The Bertz CT molecular complexity index is 1070. The normalized spacial score (nSPS) is 15.8. The average molecular weight is 412 g/mol. The predicted molar refractivity (Wildman–Crippen MR) is 112 cm³/mol. The molecule has 0 fully saturated rings. The summed E-state index contributed by atoms with van der Waals surface area (Å²) in [6.07, 6.45) is 0.646. The minimum atomic E-state index is -0.589. The van der Waals surface area contributed by atoms with Crippen molar-refractivity contribution < 1.29 is 14.3 Å². The zero-order valence-corrected chi connectivity index (χ0v) is 17.0. The highest BCUT2D eigenvalue weighted by Gasteiger charge is 2.36. The van der Waals surface area contributed by atoms with Gasteiger partial charge in [0.2, 0.25) is 0 Å². The van der Waals surface area contributed by atoms with Crippen LogP contribution < -0.4 is 10.1 Å². The first kappa shape index (κ1) is 19.3. The van der Waals surface area contributed by atoms with Gasteiger partial charge in [-0.15, -0.1) is 0 Å². The topological polar surface area (TPSA) is 74.4 Å². The fourth-order valence-electron chi connectivity index (χ4n) is 3.98. The lowest BCUT2D eigenvalue weighted by molar-refractivity contribution is -0.147. The molecule has 0 aliphatic carbocycles. The van der Waals surface area contributed by atoms with Crippen LogP contribution in [0.5, 0.6) is 5.75 Å². The summed E-state index contributed by atoms with van der Waals surface area (Å²) in [4.78, 5) is 30.3. The number of hydrogen-bond acceptors (Lipinski definition) is 3. The molecule has 2 amide bonds. The van der Waals surface area contributed by atoms with Crippen LogP contribution in [0.15, 0.2) is 42.5 Å². The molecule has 1 aromatic heterocycles. The minimum Gasteiger partial charge on any atom is -0.497 e. The van der Waals surface area contributed by atoms with Gasteiger partial charge in [0.25, 0.3) is 0 Å². The Hall–Kier alpha value is -2.99. The zero-order valence-electron chi connectivity index (χ0n) is 16.3. The summed E-state index contributed by atoms with van der Waals surface area (Å²) >= 11 is 6.22. The van der Waals surface area contributed by atoms with Crippen molar-refractivity contribution in [3.05, 3.63) is 64.3 Å². The molecule has 0 unspecified atom stereocenters. The van der Waals surface area contributed by atoms with Gasteiger partial charge in [0, 0.05) is 34.7 Å². The number of nitrogens with one attached hydrogen (secondary N) is 2. The van der Waals surface area contributed by atoms with Crippen molar-refractivity contribution in [3.8, 4) is 5.75 Å². The summed E-state index contributed by atoms with van der Waals surface area (Å²) in [5.41, 5.74) is 3.91. The van der Waals surface area contributed by atoms with E-state index in [2.05, 4.69) is 10.3 Å². The molecule has 0 bridgehead atoms. The molecule has 1 atom stereocenters. The van der Waals surface area contributed by atoms with Crippen LogP contribution in [0.3, 0.4) is 0 Å². The third-order valence-corrected chi connectivity index (χ3v) is 5.55. The Balaban J connectivity index is 1.84. The standard InChI is InChI=1S/C22H22ClN3O3/c1-3-24-21(27)22(28)26-11-10-16-17-12-14(23)6-9-18(17)25-19(16)20(26)13-4-7-15(29-2)8-5-13/h4-9,12,20,25H,3,10-11H2,1-2H3,(H,24,27)/t20-/m0/s1. The molecule has 2 heterocycles. The SMILES string of the molecule is CCNC(=O)C(=O)N1CCc2c([nH]c3ccc(Cl)cc23)[C@@H]1c1ccc(OC)cc1. The van der Waals surface area contributed by atoms with Gasteiger partial charge < -0.3 is 19.9 Å². The first-order valence-electron chi connectivity index (χ1n) is 9.56. The molecular weight excluding hydrogens is 390 g/mol. The summed E-state index contributed by atoms with van der Waals surface area (Å²) in [5.74, 6) is -0.390. The second kappa shape index (κ2) is 7.79. The quantitative estimate of drug-likeness (QED) is 0.648. The molecule has 1 aliphatic rings. The molecule has 150 valence electrons. The van der Waals surface area contributed by atoms with Crippen LogP contribution in [-0.4, -0.2) is 41.9 Å². The van der Waals surface area contributed by atoms with Gasteiger partial charge in [-0.2, -0.15) is 0 Å². The van der Waals surface area contributed by atoms with Crippen molar-refractivity contribution in [2.45, 2.75) is 19.4 Å². The molecule has 0 radical (unpaired) electrons. The van der Waals surface area contributed by atoms with Crippen LogP contribution in [0.25, 0.3) is 10.9 Å². The highest BCUT2D eigenvalue weighted by molar-refractivity contribution is 6.35. The number of methoxy groups -OCH3 is 1. The number of ether oxygens (including phenoxy) is 1. The minimum absolute atomic E-state index is 0.397. The van der Waals surface area contributed by atoms with Gasteiger partial charge in [-0.25, -0.2) is 0 Å². The summed E-state index contributed by atoms with van der Waals surface area (Å²) in [6.45, 7) is 2.64. The lowest BCUT2D eigenvalue weighted by atomic mass is 9.92. The molecule has 2 aromatic carbocycles. The molecule has 3 aromatic rings. The van der Waals surface area contributed by atoms with Crippen molar-refractivity contribution in [1.82, 2.24) is 15.2 Å². The molecule has 7 heteroatoms. The molecule has 0 saturated heterocycles. The van der Waals surface area contributed by atoms with E-state index < -0.39 is 17.9 Å². The van der Waals surface area contributed by atoms with Crippen LogP contribution >= 0.6 is 11.6 Å². The van der Waals surface area contributed by atoms with Gasteiger partial charge in [0.1, 0.15) is 5.75 Å². The van der Waals surface area contributed by atoms with E-state index in [4.69, 9.17) is 16.3 Å². The Kier molecular flexibility index (Phi) is 5.20. The third kappa shape index (κ3) is 3.44. The van der Waals surface area contributed by atoms with E-state index in [0.717, 1.165) is 33.5 Å². The number of aromatic nitrogens is 1. The lowest BCUT2D eigenvalue weighted by Crippen LogP contribution is -2.47. The van der Waals surface area contributed by atoms with Crippen molar-refractivity contribution in [3.63, 3.8) is 0 Å². The molecule has 0 spiro atoms. The largest absolute Gasteiger partial charge is 0.497 e. The number of H-pyrrole nitrogens is 1. The summed E-state index contributed by atoms with van der Waals surface area (Å²) < 4.78 is 5.26. The fourth-order valence-corrected chi connectivity index (χ4v) is 4.15. The van der Waals surface area contributed by atoms with E-state index in [9.17, 15) is 9.59 Å². The third-order valence-electron chi connectivity index (χ3n) is 5.31. The Morgan fingerprint density at radius 2 is 2.00 bits per heavy atom. The van der Waals surface area contributed by atoms with Crippen LogP contribution in [0.4, 0.5) is 0 Å². The number of carbonyl (C=O) groups is 2. The zero-order chi connectivity index (χ0) is 20.5. The van der Waals surface area contributed by atoms with Crippen molar-refractivity contribution in [2.75, 3.05) is 20.2 Å². The Morgan fingerprint density at radius 3 is 2.69 bits per heavy atom. The summed E-state index contributed by atoms with van der Waals surface area (Å²) in [7, 11) is 1.61. The number of halogens is 1. The fraction of sp³-hybridized carbons (Fsp3) is 0.273. The molecule has 0 saturated carbocycles. The summed E-state index contributed by atoms with van der Waals surface area (Å²) in [6, 6.07) is 12.9. The Morgan fingerprint density at radius 1 is 1.24 bits per heavy atom. The van der Waals surface area contributed by atoms with Crippen molar-refractivity contribution >= 4 is 34.3 Å². The number of fused-ring (bicyclic) bond motifs is 3. The predicted octanol–water partition coefficient (Wildman–Crippen LogP) is 3.44. The number of likely N-dealkylation sites (N-methyl/N-ethyl adjacent to an activating group) is 1. The van der Waals surface area contributed by atoms with Crippen LogP contribution in [0, 0.1) is 0 Å². The molecule has 29 heavy (non-hydrogen) atoms. The number of aromatic amines is 1. The van der Waals surface area contributed by atoms with Gasteiger partial charge in [-0.05, 0) is 54.8 Å². The Labute approximate surface area is 173 Å². The second-order valence-corrected chi connectivity index (χ2v) is 7.43. The number of rotatable bonds is 3. The van der Waals surface area contributed by atoms with Gasteiger partial charge in [0.05, 0.1) is 13.2 Å². The van der Waals surface area contributed by atoms with Crippen LogP contribution in [0.1, 0.15) is 29.8 Å². The van der Waals surface area contributed by atoms with Gasteiger partial charge in [-0.3, -0.25) is 9.59 Å². The van der Waals surface area contributed by atoms with Gasteiger partial charge in [0.15, 0.2) is 0 Å². The smallest absolute Gasteiger partial charge is 0.312 e. The summed E-state index contributed by atoms with van der Waals surface area (Å²) in [5, 5.41) is 4.33. The molecule has 2 N–H and O–H groups in total. The maximum Gasteiger partial charge on any atom is 0.312 e. The second-order valence-electron chi connectivity index (χ2n) is 6.99. The highest BCUT2D eigenvalue weighted by Crippen LogP contribution is 2.39. The van der Waals surface area contributed by atoms with Crippen molar-refractivity contribution in [2.24, 2.45) is 0 Å². The van der Waals surface area contributed by atoms with Gasteiger partial charge in [-0.1, -0.05) is 23.7 Å². The first-order valence-corrected chi connectivity index (χ1v) is 9.94. The van der Waals surface area contributed by atoms with Crippen LogP contribution in [0.2, 0.25) is 5.02 Å². The molecular formula is C22H22ClN3O3. The number of hydrogen-bond donors (Lipinski definition) is 2. The highest BCUT2D eigenvalue weighted by atomic mass is 35.5. The number of carbonyl (C=O) groups excluding carboxylic acids is 2. The first-order chi connectivity index (χ1) is 14.0. The van der Waals surface area contributed by atoms with Gasteiger partial charge >= 0.3 is 11.8 Å². The molecule has 6 nitrogen and oxygen atoms in total. The number of amides is 2. The average Bonchev–Trinajstić information content (AvgIpc) is 3.10. The molecule has 1 aliphatic heterocycles. The number of benzene rings is 2. The van der Waals surface area contributed by atoms with E-state index in [1.165, 1.54) is 0 Å². The molecule has 4 rings (SSSR count). The van der Waals surface area contributed by atoms with E-state index in [1.807, 2.05) is 42.5 Å². The number of nitrogens with zero attached hydrogens (tertiary/aromatic N) is 1. The van der Waals surface area contributed by atoms with E-state index in [1.54, 1.807) is 18.9 Å².